The normalized spacial score (nSPS) is 12.2. The Bertz CT molecular complexity index is 291. The van der Waals surface area contributed by atoms with Gasteiger partial charge >= 0.3 is 0 Å². The highest BCUT2D eigenvalue weighted by atomic mass is 127. The average molecular weight is 446 g/mol. The molecule has 0 aliphatic heterocycles. The van der Waals surface area contributed by atoms with Crippen molar-refractivity contribution < 1.29 is 4.74 Å². The highest BCUT2D eigenvalue weighted by Crippen LogP contribution is 2.20. The zero-order valence-corrected chi connectivity index (χ0v) is 18.2. The largest absolute Gasteiger partial charge is 0.385 e. The standard InChI is InChI=1S/C15H34N4OS.HI/c1-7-16-14(18-13-15(2,3)21-6)17-9-11-19(4)10-8-12-20-5;/h7-13H2,1-6H3,(H2,16,17,18);1H. The molecule has 0 fully saturated rings. The molecule has 0 heterocycles. The third kappa shape index (κ3) is 13.9. The highest BCUT2D eigenvalue weighted by Gasteiger charge is 2.15. The molecule has 0 aromatic heterocycles. The summed E-state index contributed by atoms with van der Waals surface area (Å²) in [5.41, 5.74) is 0. The molecule has 0 aromatic rings. The van der Waals surface area contributed by atoms with Gasteiger partial charge in [-0.2, -0.15) is 11.8 Å². The molecule has 0 aliphatic carbocycles. The third-order valence-corrected chi connectivity index (χ3v) is 4.42. The van der Waals surface area contributed by atoms with Crippen LogP contribution in [0.2, 0.25) is 0 Å². The van der Waals surface area contributed by atoms with Gasteiger partial charge in [0.2, 0.25) is 0 Å². The fourth-order valence-corrected chi connectivity index (χ4v) is 1.83. The Morgan fingerprint density at radius 1 is 1.27 bits per heavy atom. The number of likely N-dealkylation sites (N-methyl/N-ethyl adjacent to an activating group) is 1. The van der Waals surface area contributed by atoms with E-state index in [2.05, 4.69) is 54.6 Å². The first-order valence-corrected chi connectivity index (χ1v) is 8.92. The first kappa shape index (κ1) is 24.5. The fourth-order valence-electron chi connectivity index (χ4n) is 1.63. The van der Waals surface area contributed by atoms with Crippen LogP contribution in [0, 0.1) is 0 Å². The van der Waals surface area contributed by atoms with E-state index < -0.39 is 0 Å². The molecule has 0 rings (SSSR count). The number of ether oxygens (including phenoxy) is 1. The van der Waals surface area contributed by atoms with Gasteiger partial charge in [-0.15, -0.1) is 24.0 Å². The van der Waals surface area contributed by atoms with E-state index in [4.69, 9.17) is 4.74 Å². The molecule has 0 saturated carbocycles. The third-order valence-electron chi connectivity index (χ3n) is 3.19. The van der Waals surface area contributed by atoms with Crippen LogP contribution in [0.5, 0.6) is 0 Å². The number of hydrogen-bond acceptors (Lipinski definition) is 4. The molecule has 5 nitrogen and oxygen atoms in total. The van der Waals surface area contributed by atoms with Gasteiger partial charge in [0.05, 0.1) is 6.54 Å². The lowest BCUT2D eigenvalue weighted by Crippen LogP contribution is -2.41. The van der Waals surface area contributed by atoms with Crippen molar-refractivity contribution in [1.82, 2.24) is 15.5 Å². The fraction of sp³-hybridized carbons (Fsp3) is 0.933. The van der Waals surface area contributed by atoms with Gasteiger partial charge in [0.1, 0.15) is 0 Å². The van der Waals surface area contributed by atoms with Crippen LogP contribution in [0.1, 0.15) is 27.2 Å². The maximum Gasteiger partial charge on any atom is 0.191 e. The Morgan fingerprint density at radius 2 is 1.95 bits per heavy atom. The van der Waals surface area contributed by atoms with Crippen molar-refractivity contribution in [1.29, 1.82) is 0 Å². The second-order valence-electron chi connectivity index (χ2n) is 5.74. The number of halogens is 1. The van der Waals surface area contributed by atoms with Crippen molar-refractivity contribution in [2.45, 2.75) is 31.9 Å². The lowest BCUT2D eigenvalue weighted by atomic mass is 10.2. The Morgan fingerprint density at radius 3 is 2.50 bits per heavy atom. The van der Waals surface area contributed by atoms with Crippen LogP contribution < -0.4 is 10.6 Å². The van der Waals surface area contributed by atoms with E-state index in [0.717, 1.165) is 51.7 Å². The summed E-state index contributed by atoms with van der Waals surface area (Å²) in [6.45, 7) is 12.0. The number of nitrogens with one attached hydrogen (secondary N) is 2. The molecule has 0 saturated heterocycles. The Hall–Kier alpha value is 0.270. The monoisotopic (exact) mass is 446 g/mol. The zero-order valence-electron chi connectivity index (χ0n) is 15.1. The molecule has 0 aromatic carbocycles. The molecule has 0 aliphatic rings. The lowest BCUT2D eigenvalue weighted by molar-refractivity contribution is 0.180. The van der Waals surface area contributed by atoms with E-state index in [1.165, 1.54) is 0 Å². The summed E-state index contributed by atoms with van der Waals surface area (Å²) in [5.74, 6) is 0.907. The molecule has 0 bridgehead atoms. The molecule has 0 unspecified atom stereocenters. The quantitative estimate of drug-likeness (QED) is 0.221. The second-order valence-corrected chi connectivity index (χ2v) is 7.25. The second kappa shape index (κ2) is 14.8. The van der Waals surface area contributed by atoms with Crippen LogP contribution >= 0.6 is 35.7 Å². The van der Waals surface area contributed by atoms with E-state index >= 15 is 0 Å². The first-order valence-electron chi connectivity index (χ1n) is 7.70. The highest BCUT2D eigenvalue weighted by molar-refractivity contribution is 14.0. The molecule has 0 amide bonds. The minimum atomic E-state index is 0. The molecule has 0 radical (unpaired) electrons. The SMILES string of the molecule is CCNC(=NCC(C)(C)SC)NCCN(C)CCCOC.I. The van der Waals surface area contributed by atoms with Gasteiger partial charge in [-0.3, -0.25) is 4.99 Å². The number of thioether (sulfide) groups is 1. The Balaban J connectivity index is 0. The summed E-state index contributed by atoms with van der Waals surface area (Å²) in [7, 11) is 3.88. The van der Waals surface area contributed by atoms with Crippen molar-refractivity contribution in [2.24, 2.45) is 4.99 Å². The molecule has 134 valence electrons. The van der Waals surface area contributed by atoms with Crippen LogP contribution in [0.4, 0.5) is 0 Å². The van der Waals surface area contributed by atoms with Gasteiger partial charge in [0, 0.05) is 44.6 Å². The number of aliphatic imine (C=N–C) groups is 1. The maximum absolute atomic E-state index is 5.07. The molecule has 7 heteroatoms. The van der Waals surface area contributed by atoms with Gasteiger partial charge in [-0.05, 0) is 40.5 Å². The average Bonchev–Trinajstić information content (AvgIpc) is 2.45. The zero-order chi connectivity index (χ0) is 16.1. The minimum absolute atomic E-state index is 0. The lowest BCUT2D eigenvalue weighted by Gasteiger charge is -2.21. The van der Waals surface area contributed by atoms with E-state index in [-0.39, 0.29) is 28.7 Å². The van der Waals surface area contributed by atoms with Crippen LogP contribution in [0.25, 0.3) is 0 Å². The smallest absolute Gasteiger partial charge is 0.191 e. The number of guanidine groups is 1. The molecule has 22 heavy (non-hydrogen) atoms. The molecule has 0 spiro atoms. The first-order chi connectivity index (χ1) is 9.95. The molecule has 0 atom stereocenters. The predicted molar refractivity (Wildman–Crippen MR) is 111 cm³/mol. The summed E-state index contributed by atoms with van der Waals surface area (Å²) < 4.78 is 5.25. The number of nitrogens with zero attached hydrogens (tertiary/aromatic N) is 2. The van der Waals surface area contributed by atoms with Gasteiger partial charge in [-0.1, -0.05) is 0 Å². The predicted octanol–water partition coefficient (Wildman–Crippen LogP) is 2.27. The summed E-state index contributed by atoms with van der Waals surface area (Å²) in [4.78, 5) is 6.97. The van der Waals surface area contributed by atoms with Crippen LogP contribution in [-0.4, -0.2) is 75.4 Å². The van der Waals surface area contributed by atoms with E-state index in [9.17, 15) is 0 Å². The minimum Gasteiger partial charge on any atom is -0.385 e. The van der Waals surface area contributed by atoms with Crippen molar-refractivity contribution in [3.63, 3.8) is 0 Å². The summed E-state index contributed by atoms with van der Waals surface area (Å²) in [6.07, 6.45) is 3.20. The van der Waals surface area contributed by atoms with E-state index in [1.807, 2.05) is 11.8 Å². The van der Waals surface area contributed by atoms with Gasteiger partial charge in [-0.25, -0.2) is 0 Å². The van der Waals surface area contributed by atoms with Crippen LogP contribution in [0.3, 0.4) is 0 Å². The topological polar surface area (TPSA) is 48.9 Å². The molecular formula is C15H35IN4OS. The maximum atomic E-state index is 5.07. The van der Waals surface area contributed by atoms with Gasteiger partial charge in [0.15, 0.2) is 5.96 Å². The van der Waals surface area contributed by atoms with Crippen LogP contribution in [-0.2, 0) is 4.74 Å². The Kier molecular flexibility index (Phi) is 16.5. The number of methoxy groups -OCH3 is 1. The van der Waals surface area contributed by atoms with Gasteiger partial charge < -0.3 is 20.3 Å². The van der Waals surface area contributed by atoms with Crippen molar-refractivity contribution in [3.05, 3.63) is 0 Å². The van der Waals surface area contributed by atoms with E-state index in [1.54, 1.807) is 7.11 Å². The molecular weight excluding hydrogens is 411 g/mol. The van der Waals surface area contributed by atoms with E-state index in [0.29, 0.717) is 0 Å². The van der Waals surface area contributed by atoms with Gasteiger partial charge in [0.25, 0.3) is 0 Å². The summed E-state index contributed by atoms with van der Waals surface area (Å²) in [6, 6.07) is 0. The van der Waals surface area contributed by atoms with Crippen LogP contribution in [0.15, 0.2) is 4.99 Å². The summed E-state index contributed by atoms with van der Waals surface area (Å²) >= 11 is 1.84. The Labute approximate surface area is 158 Å². The van der Waals surface area contributed by atoms with Crippen molar-refractivity contribution >= 4 is 41.7 Å². The van der Waals surface area contributed by atoms with Crippen molar-refractivity contribution in [3.8, 4) is 0 Å². The summed E-state index contributed by atoms with van der Waals surface area (Å²) in [5, 5.41) is 6.69. The molecule has 2 N–H and O–H groups in total. The number of hydrogen-bond donors (Lipinski definition) is 2. The number of rotatable bonds is 11. The van der Waals surface area contributed by atoms with Crippen molar-refractivity contribution in [2.75, 3.05) is 59.7 Å².